The summed E-state index contributed by atoms with van der Waals surface area (Å²) in [5.41, 5.74) is 3.37. The first kappa shape index (κ1) is 21.2. The molecule has 1 aliphatic carbocycles. The van der Waals surface area contributed by atoms with Gasteiger partial charge in [-0.1, -0.05) is 13.8 Å². The Morgan fingerprint density at radius 2 is 2.06 bits per heavy atom. The minimum atomic E-state index is -0.203. The summed E-state index contributed by atoms with van der Waals surface area (Å²) in [7, 11) is 2.10. The fraction of sp³-hybridized carbons (Fsp3) is 0.652. The summed E-state index contributed by atoms with van der Waals surface area (Å²) >= 11 is 0. The van der Waals surface area contributed by atoms with Crippen molar-refractivity contribution in [3.05, 3.63) is 23.0 Å². The maximum Gasteiger partial charge on any atom is 0.243 e. The van der Waals surface area contributed by atoms with Crippen LogP contribution in [0.1, 0.15) is 62.4 Å². The number of likely N-dealkylation sites (tertiary alicyclic amines) is 1. The predicted octanol–water partition coefficient (Wildman–Crippen LogP) is 2.34. The summed E-state index contributed by atoms with van der Waals surface area (Å²) in [5.74, 6) is 2.75. The molecule has 2 aliphatic heterocycles. The minimum Gasteiger partial charge on any atom is -0.350 e. The van der Waals surface area contributed by atoms with Crippen molar-refractivity contribution in [2.75, 3.05) is 36.9 Å². The number of hydrogen-bond donors (Lipinski definition) is 3. The van der Waals surface area contributed by atoms with E-state index in [4.69, 9.17) is 9.97 Å². The fourth-order valence-corrected chi connectivity index (χ4v) is 5.10. The fourth-order valence-electron chi connectivity index (χ4n) is 5.10. The first-order valence-electron chi connectivity index (χ1n) is 12.0. The van der Waals surface area contributed by atoms with Crippen molar-refractivity contribution in [2.45, 2.75) is 70.4 Å². The van der Waals surface area contributed by atoms with Crippen molar-refractivity contribution in [3.63, 3.8) is 0 Å². The Hall–Kier alpha value is -2.68. The van der Waals surface area contributed by atoms with Crippen LogP contribution >= 0.6 is 0 Å². The van der Waals surface area contributed by atoms with Crippen molar-refractivity contribution in [2.24, 2.45) is 0 Å². The van der Waals surface area contributed by atoms with E-state index in [-0.39, 0.29) is 18.0 Å². The molecule has 0 aromatic carbocycles. The Balaban J connectivity index is 1.37. The van der Waals surface area contributed by atoms with Gasteiger partial charge in [0.25, 0.3) is 0 Å². The number of nitrogens with one attached hydrogen (secondary N) is 3. The van der Waals surface area contributed by atoms with Crippen LogP contribution < -0.4 is 15.5 Å². The molecule has 3 N–H and O–H groups in total. The molecule has 9 nitrogen and oxygen atoms in total. The zero-order valence-electron chi connectivity index (χ0n) is 19.3. The van der Waals surface area contributed by atoms with Crippen LogP contribution in [0.3, 0.4) is 0 Å². The average Bonchev–Trinajstić information content (AvgIpc) is 3.54. The number of carbonyl (C=O) groups excluding carboxylic acids is 1. The van der Waals surface area contributed by atoms with Gasteiger partial charge in [0.2, 0.25) is 11.9 Å². The summed E-state index contributed by atoms with van der Waals surface area (Å²) in [6.45, 7) is 7.04. The lowest BCUT2D eigenvalue weighted by atomic mass is 10.1. The van der Waals surface area contributed by atoms with Gasteiger partial charge in [-0.3, -0.25) is 9.89 Å². The third-order valence-electron chi connectivity index (χ3n) is 6.94. The first-order valence-corrected chi connectivity index (χ1v) is 12.0. The number of nitrogens with zero attached hydrogens (tertiary/aromatic N) is 5. The number of anilines is 3. The number of amides is 1. The van der Waals surface area contributed by atoms with Gasteiger partial charge in [-0.25, -0.2) is 4.98 Å². The largest absolute Gasteiger partial charge is 0.350 e. The third-order valence-corrected chi connectivity index (χ3v) is 6.94. The second-order valence-corrected chi connectivity index (χ2v) is 9.75. The van der Waals surface area contributed by atoms with E-state index in [0.717, 1.165) is 81.2 Å². The maximum absolute atomic E-state index is 13.1. The zero-order valence-corrected chi connectivity index (χ0v) is 19.3. The molecule has 2 fully saturated rings. The highest BCUT2D eigenvalue weighted by molar-refractivity contribution is 5.85. The van der Waals surface area contributed by atoms with Gasteiger partial charge in [-0.15, -0.1) is 0 Å². The van der Waals surface area contributed by atoms with E-state index in [2.05, 4.69) is 51.5 Å². The lowest BCUT2D eigenvalue weighted by Gasteiger charge is -2.26. The maximum atomic E-state index is 13.1. The number of rotatable bonds is 6. The highest BCUT2D eigenvalue weighted by atomic mass is 16.2. The second kappa shape index (κ2) is 8.69. The molecule has 2 aromatic heterocycles. The van der Waals surface area contributed by atoms with Crippen LogP contribution in [0, 0.1) is 0 Å². The number of fused-ring (bicyclic) bond motifs is 1. The predicted molar refractivity (Wildman–Crippen MR) is 124 cm³/mol. The number of aromatic amines is 1. The van der Waals surface area contributed by atoms with Crippen molar-refractivity contribution >= 4 is 23.5 Å². The second-order valence-electron chi connectivity index (χ2n) is 9.75. The van der Waals surface area contributed by atoms with E-state index in [0.29, 0.717) is 11.9 Å². The molecule has 0 unspecified atom stereocenters. The molecule has 2 saturated heterocycles. The van der Waals surface area contributed by atoms with Crippen LogP contribution in [-0.2, 0) is 17.6 Å². The molecule has 1 amide bonds. The molecule has 2 atom stereocenters. The summed E-state index contributed by atoms with van der Waals surface area (Å²) in [4.78, 5) is 27.3. The molecule has 9 heteroatoms. The Bertz CT molecular complexity index is 986. The van der Waals surface area contributed by atoms with Crippen molar-refractivity contribution < 1.29 is 4.79 Å². The number of hydrogen-bond acceptors (Lipinski definition) is 7. The van der Waals surface area contributed by atoms with Gasteiger partial charge in [-0.2, -0.15) is 10.1 Å². The number of carbonyl (C=O) groups is 1. The Morgan fingerprint density at radius 1 is 1.19 bits per heavy atom. The van der Waals surface area contributed by atoms with Gasteiger partial charge >= 0.3 is 0 Å². The van der Waals surface area contributed by atoms with Gasteiger partial charge in [0.1, 0.15) is 11.9 Å². The molecule has 0 bridgehead atoms. The topological polar surface area (TPSA) is 102 Å². The molecule has 0 radical (unpaired) electrons. The highest BCUT2D eigenvalue weighted by Crippen LogP contribution is 2.32. The smallest absolute Gasteiger partial charge is 0.243 e. The lowest BCUT2D eigenvalue weighted by Crippen LogP contribution is -2.48. The number of aromatic nitrogens is 4. The van der Waals surface area contributed by atoms with E-state index in [1.165, 1.54) is 5.56 Å². The zero-order chi connectivity index (χ0) is 22.2. The van der Waals surface area contributed by atoms with Gasteiger partial charge in [-0.05, 0) is 58.0 Å². The number of aryl methyl sites for hydroxylation is 1. The number of likely N-dealkylation sites (N-methyl/N-ethyl adjacent to an activating group) is 1. The monoisotopic (exact) mass is 438 g/mol. The van der Waals surface area contributed by atoms with Crippen LogP contribution in [0.15, 0.2) is 6.07 Å². The third kappa shape index (κ3) is 4.18. The van der Waals surface area contributed by atoms with Gasteiger partial charge in [0, 0.05) is 36.5 Å². The van der Waals surface area contributed by atoms with Crippen molar-refractivity contribution in [1.82, 2.24) is 30.4 Å². The van der Waals surface area contributed by atoms with Crippen LogP contribution in [0.4, 0.5) is 17.6 Å². The van der Waals surface area contributed by atoms with Crippen LogP contribution in [0.2, 0.25) is 0 Å². The SMILES string of the molecule is CC(C)c1cc(Nc2nc(N3CCC[C@@H]3C(=O)N[C@H]3CCN(C)C3)nc3c2CCC3)n[nH]1. The molecule has 4 heterocycles. The molecule has 0 saturated carbocycles. The first-order chi connectivity index (χ1) is 15.5. The van der Waals surface area contributed by atoms with E-state index in [9.17, 15) is 4.79 Å². The number of H-pyrrole nitrogens is 1. The lowest BCUT2D eigenvalue weighted by molar-refractivity contribution is -0.122. The molecular weight excluding hydrogens is 404 g/mol. The highest BCUT2D eigenvalue weighted by Gasteiger charge is 2.35. The molecular formula is C23H34N8O. The molecule has 0 spiro atoms. The Morgan fingerprint density at radius 3 is 2.81 bits per heavy atom. The molecule has 32 heavy (non-hydrogen) atoms. The normalized spacial score (nSPS) is 23.2. The van der Waals surface area contributed by atoms with Crippen molar-refractivity contribution in [3.8, 4) is 0 Å². The van der Waals surface area contributed by atoms with Gasteiger partial charge in [0.05, 0.1) is 5.69 Å². The molecule has 172 valence electrons. The minimum absolute atomic E-state index is 0.107. The van der Waals surface area contributed by atoms with E-state index >= 15 is 0 Å². The van der Waals surface area contributed by atoms with E-state index in [1.54, 1.807) is 0 Å². The molecule has 5 rings (SSSR count). The summed E-state index contributed by atoms with van der Waals surface area (Å²) in [6.07, 6.45) is 5.84. The van der Waals surface area contributed by atoms with Crippen molar-refractivity contribution in [1.29, 1.82) is 0 Å². The van der Waals surface area contributed by atoms with Crippen LogP contribution in [0.5, 0.6) is 0 Å². The van der Waals surface area contributed by atoms with E-state index < -0.39 is 0 Å². The average molecular weight is 439 g/mol. The molecule has 3 aliphatic rings. The van der Waals surface area contributed by atoms with Gasteiger partial charge < -0.3 is 20.4 Å². The van der Waals surface area contributed by atoms with Crippen LogP contribution in [0.25, 0.3) is 0 Å². The Kier molecular flexibility index (Phi) is 5.75. The summed E-state index contributed by atoms with van der Waals surface area (Å²) in [6, 6.07) is 2.08. The standard InChI is InChI=1S/C23H34N8O/c1-14(2)18-12-20(29-28-18)26-21-16-6-4-7-17(16)25-23(27-21)31-10-5-8-19(31)22(32)24-15-9-11-30(3)13-15/h12,14-15,19H,4-11,13H2,1-3H3,(H,24,32)(H2,25,26,27,28,29)/t15-,19+/m0/s1. The summed E-state index contributed by atoms with van der Waals surface area (Å²) < 4.78 is 0. The Labute approximate surface area is 189 Å². The quantitative estimate of drug-likeness (QED) is 0.636. The van der Waals surface area contributed by atoms with Gasteiger partial charge in [0.15, 0.2) is 5.82 Å². The summed E-state index contributed by atoms with van der Waals surface area (Å²) in [5, 5.41) is 14.2. The van der Waals surface area contributed by atoms with Crippen LogP contribution in [-0.4, -0.2) is 69.7 Å². The molecule has 2 aromatic rings. The van der Waals surface area contributed by atoms with E-state index in [1.807, 2.05) is 6.07 Å².